The topological polar surface area (TPSA) is 58.2 Å². The Kier molecular flexibility index (Phi) is 7.15. The van der Waals surface area contributed by atoms with E-state index in [1.54, 1.807) is 24.3 Å². The zero-order valence-corrected chi connectivity index (χ0v) is 13.0. The number of carbonyl (C=O) groups excluding carboxylic acids is 2. The number of hydrogen-bond donors (Lipinski definition) is 2. The molecule has 20 heavy (non-hydrogen) atoms. The van der Waals surface area contributed by atoms with Crippen molar-refractivity contribution in [3.63, 3.8) is 0 Å². The number of benzene rings is 1. The van der Waals surface area contributed by atoms with E-state index in [4.69, 9.17) is 0 Å². The van der Waals surface area contributed by atoms with Crippen molar-refractivity contribution in [1.29, 1.82) is 0 Å². The van der Waals surface area contributed by atoms with Crippen molar-refractivity contribution in [2.75, 3.05) is 16.8 Å². The molecule has 0 heterocycles. The average Bonchev–Trinajstić information content (AvgIpc) is 2.39. The number of ketones is 1. The van der Waals surface area contributed by atoms with Gasteiger partial charge < -0.3 is 10.6 Å². The van der Waals surface area contributed by atoms with E-state index in [2.05, 4.69) is 17.6 Å². The second kappa shape index (κ2) is 8.64. The number of anilines is 1. The zero-order valence-electron chi connectivity index (χ0n) is 12.2. The number of thioether (sulfide) groups is 1. The Bertz CT molecular complexity index is 463. The van der Waals surface area contributed by atoms with Crippen LogP contribution < -0.4 is 10.6 Å². The first-order valence-corrected chi connectivity index (χ1v) is 7.94. The van der Waals surface area contributed by atoms with Crippen molar-refractivity contribution in [2.45, 2.75) is 33.2 Å². The standard InChI is InChI=1S/C15H22N2O2S/c1-4-20-9-8-11(2)16-15(19)17-14-7-5-6-13(10-14)12(3)18/h5-7,10-11H,4,8-9H2,1-3H3,(H2,16,17,19). The number of carbonyl (C=O) groups is 2. The fourth-order valence-corrected chi connectivity index (χ4v) is 2.49. The molecule has 0 fully saturated rings. The normalized spacial score (nSPS) is 11.8. The van der Waals surface area contributed by atoms with Gasteiger partial charge in [0.2, 0.25) is 0 Å². The minimum atomic E-state index is -0.236. The maximum Gasteiger partial charge on any atom is 0.319 e. The van der Waals surface area contributed by atoms with E-state index < -0.39 is 0 Å². The molecule has 0 radical (unpaired) electrons. The summed E-state index contributed by atoms with van der Waals surface area (Å²) in [6, 6.07) is 6.83. The first-order chi connectivity index (χ1) is 9.52. The van der Waals surface area contributed by atoms with Crippen LogP contribution in [0.1, 0.15) is 37.6 Å². The Morgan fingerprint density at radius 1 is 1.35 bits per heavy atom. The summed E-state index contributed by atoms with van der Waals surface area (Å²) >= 11 is 1.86. The molecule has 2 amide bonds. The van der Waals surface area contributed by atoms with Crippen molar-refractivity contribution in [2.24, 2.45) is 0 Å². The summed E-state index contributed by atoms with van der Waals surface area (Å²) in [4.78, 5) is 23.1. The van der Waals surface area contributed by atoms with Gasteiger partial charge in [-0.3, -0.25) is 4.79 Å². The molecule has 0 spiro atoms. The monoisotopic (exact) mass is 294 g/mol. The van der Waals surface area contributed by atoms with Crippen LogP contribution in [0.4, 0.5) is 10.5 Å². The molecule has 1 aromatic carbocycles. The van der Waals surface area contributed by atoms with Gasteiger partial charge in [0, 0.05) is 17.3 Å². The smallest absolute Gasteiger partial charge is 0.319 e. The van der Waals surface area contributed by atoms with E-state index >= 15 is 0 Å². The molecule has 0 bridgehead atoms. The van der Waals surface area contributed by atoms with E-state index in [0.717, 1.165) is 17.9 Å². The van der Waals surface area contributed by atoms with Crippen molar-refractivity contribution in [3.05, 3.63) is 29.8 Å². The lowest BCUT2D eigenvalue weighted by Gasteiger charge is -2.14. The number of rotatable bonds is 7. The molecule has 0 aromatic heterocycles. The molecule has 0 aliphatic rings. The summed E-state index contributed by atoms with van der Waals surface area (Å²) in [5, 5.41) is 5.64. The lowest BCUT2D eigenvalue weighted by Crippen LogP contribution is -2.36. The van der Waals surface area contributed by atoms with E-state index in [9.17, 15) is 9.59 Å². The first kappa shape index (κ1) is 16.6. The molecule has 0 aliphatic heterocycles. The predicted molar refractivity (Wildman–Crippen MR) is 85.7 cm³/mol. The zero-order chi connectivity index (χ0) is 15.0. The lowest BCUT2D eigenvalue weighted by atomic mass is 10.1. The van der Waals surface area contributed by atoms with Gasteiger partial charge in [0.25, 0.3) is 0 Å². The molecule has 4 nitrogen and oxygen atoms in total. The number of hydrogen-bond acceptors (Lipinski definition) is 3. The summed E-state index contributed by atoms with van der Waals surface area (Å²) in [5.41, 5.74) is 1.22. The van der Waals surface area contributed by atoms with Crippen LogP contribution in [0, 0.1) is 0 Å². The van der Waals surface area contributed by atoms with Gasteiger partial charge in [0.05, 0.1) is 0 Å². The molecular weight excluding hydrogens is 272 g/mol. The summed E-state index contributed by atoms with van der Waals surface area (Å²) in [6.07, 6.45) is 0.944. The highest BCUT2D eigenvalue weighted by Crippen LogP contribution is 2.11. The molecular formula is C15H22N2O2S. The largest absolute Gasteiger partial charge is 0.335 e. The molecule has 0 saturated heterocycles. The Hall–Kier alpha value is -1.49. The van der Waals surface area contributed by atoms with Crippen molar-refractivity contribution < 1.29 is 9.59 Å². The van der Waals surface area contributed by atoms with Crippen LogP contribution in [0.25, 0.3) is 0 Å². The molecule has 110 valence electrons. The number of amides is 2. The summed E-state index contributed by atoms with van der Waals surface area (Å²) in [6.45, 7) is 5.62. The number of Topliss-reactive ketones (excluding diaryl/α,β-unsaturated/α-hetero) is 1. The van der Waals surface area contributed by atoms with Crippen LogP contribution in [0.5, 0.6) is 0 Å². The quantitative estimate of drug-likeness (QED) is 0.597. The van der Waals surface area contributed by atoms with Crippen LogP contribution in [-0.2, 0) is 0 Å². The fraction of sp³-hybridized carbons (Fsp3) is 0.467. The van der Waals surface area contributed by atoms with Crippen molar-refractivity contribution in [1.82, 2.24) is 5.32 Å². The summed E-state index contributed by atoms with van der Waals surface area (Å²) < 4.78 is 0. The highest BCUT2D eigenvalue weighted by Gasteiger charge is 2.08. The average molecular weight is 294 g/mol. The lowest BCUT2D eigenvalue weighted by molar-refractivity contribution is 0.101. The van der Waals surface area contributed by atoms with Gasteiger partial charge in [0.1, 0.15) is 0 Å². The van der Waals surface area contributed by atoms with Crippen molar-refractivity contribution in [3.8, 4) is 0 Å². The number of urea groups is 1. The third-order valence-corrected chi connectivity index (χ3v) is 3.74. The van der Waals surface area contributed by atoms with E-state index in [-0.39, 0.29) is 17.9 Å². The van der Waals surface area contributed by atoms with E-state index in [1.165, 1.54) is 6.92 Å². The van der Waals surface area contributed by atoms with E-state index in [0.29, 0.717) is 11.3 Å². The fourth-order valence-electron chi connectivity index (χ4n) is 1.68. The van der Waals surface area contributed by atoms with E-state index in [1.807, 2.05) is 18.7 Å². The molecule has 1 rings (SSSR count). The summed E-state index contributed by atoms with van der Waals surface area (Å²) in [7, 11) is 0. The molecule has 0 aliphatic carbocycles. The minimum absolute atomic E-state index is 0.0148. The Morgan fingerprint density at radius 3 is 2.75 bits per heavy atom. The predicted octanol–water partition coefficient (Wildman–Crippen LogP) is 3.54. The molecule has 2 N–H and O–H groups in total. The first-order valence-electron chi connectivity index (χ1n) is 6.79. The van der Waals surface area contributed by atoms with Crippen LogP contribution in [0.15, 0.2) is 24.3 Å². The second-order valence-corrected chi connectivity index (χ2v) is 6.02. The summed E-state index contributed by atoms with van der Waals surface area (Å²) in [5.74, 6) is 2.12. The van der Waals surface area contributed by atoms with Gasteiger partial charge in [0.15, 0.2) is 5.78 Å². The Balaban J connectivity index is 2.45. The van der Waals surface area contributed by atoms with Crippen LogP contribution in [-0.4, -0.2) is 29.4 Å². The maximum absolute atomic E-state index is 11.8. The second-order valence-electron chi connectivity index (χ2n) is 4.62. The van der Waals surface area contributed by atoms with Crippen LogP contribution in [0.3, 0.4) is 0 Å². The van der Waals surface area contributed by atoms with Gasteiger partial charge in [-0.2, -0.15) is 11.8 Å². The van der Waals surface area contributed by atoms with Gasteiger partial charge in [-0.05, 0) is 43.9 Å². The Labute approximate surface area is 124 Å². The maximum atomic E-state index is 11.8. The van der Waals surface area contributed by atoms with Gasteiger partial charge >= 0.3 is 6.03 Å². The molecule has 1 atom stereocenters. The van der Waals surface area contributed by atoms with Gasteiger partial charge in [-0.25, -0.2) is 4.79 Å². The number of nitrogens with one attached hydrogen (secondary N) is 2. The Morgan fingerprint density at radius 2 is 2.10 bits per heavy atom. The molecule has 5 heteroatoms. The highest BCUT2D eigenvalue weighted by atomic mass is 32.2. The molecule has 1 aromatic rings. The third kappa shape index (κ3) is 6.10. The molecule has 0 saturated carbocycles. The van der Waals surface area contributed by atoms with Crippen LogP contribution >= 0.6 is 11.8 Å². The minimum Gasteiger partial charge on any atom is -0.335 e. The van der Waals surface area contributed by atoms with Crippen molar-refractivity contribution >= 4 is 29.3 Å². The van der Waals surface area contributed by atoms with Crippen LogP contribution in [0.2, 0.25) is 0 Å². The third-order valence-electron chi connectivity index (χ3n) is 2.80. The van der Waals surface area contributed by atoms with Gasteiger partial charge in [-0.1, -0.05) is 19.1 Å². The highest BCUT2D eigenvalue weighted by molar-refractivity contribution is 7.99. The SMILES string of the molecule is CCSCCC(C)NC(=O)Nc1cccc(C(C)=O)c1. The van der Waals surface area contributed by atoms with Gasteiger partial charge in [-0.15, -0.1) is 0 Å². The molecule has 1 unspecified atom stereocenters.